The molecule has 6 nitrogen and oxygen atoms in total. The molecule has 0 aromatic rings. The molecule has 6 heteroatoms. The lowest BCUT2D eigenvalue weighted by atomic mass is 9.98. The van der Waals surface area contributed by atoms with Crippen LogP contribution in [-0.2, 0) is 23.9 Å². The summed E-state index contributed by atoms with van der Waals surface area (Å²) < 4.78 is 9.81. The number of carbonyl (C=O) groups excluding carboxylic acids is 2. The predicted molar refractivity (Wildman–Crippen MR) is 106 cm³/mol. The van der Waals surface area contributed by atoms with Crippen molar-refractivity contribution in [1.82, 2.24) is 0 Å². The lowest BCUT2D eigenvalue weighted by Crippen LogP contribution is -2.20. The summed E-state index contributed by atoms with van der Waals surface area (Å²) in [7, 11) is 0. The van der Waals surface area contributed by atoms with Crippen LogP contribution in [0, 0.1) is 0 Å². The average molecular weight is 380 g/mol. The summed E-state index contributed by atoms with van der Waals surface area (Å²) in [5.41, 5.74) is 1.09. The third-order valence-corrected chi connectivity index (χ3v) is 3.22. The maximum absolute atomic E-state index is 11.1. The monoisotopic (exact) mass is 380 g/mol. The number of carbonyl (C=O) groups is 3. The van der Waals surface area contributed by atoms with Gasteiger partial charge in [0.25, 0.3) is 0 Å². The molecule has 1 fully saturated rings. The minimum Gasteiger partial charge on any atom is -0.478 e. The van der Waals surface area contributed by atoms with E-state index in [0.717, 1.165) is 12.8 Å². The van der Waals surface area contributed by atoms with Gasteiger partial charge in [0.15, 0.2) is 0 Å². The van der Waals surface area contributed by atoms with E-state index >= 15 is 0 Å². The zero-order valence-corrected chi connectivity index (χ0v) is 16.7. The first-order valence-corrected chi connectivity index (χ1v) is 8.71. The molecular weight excluding hydrogens is 348 g/mol. The van der Waals surface area contributed by atoms with E-state index in [0.29, 0.717) is 11.1 Å². The largest absolute Gasteiger partial charge is 0.478 e. The molecular formula is C21H32O6. The van der Waals surface area contributed by atoms with Crippen molar-refractivity contribution in [2.45, 2.75) is 59.0 Å². The van der Waals surface area contributed by atoms with E-state index in [4.69, 9.17) is 9.84 Å². The van der Waals surface area contributed by atoms with Gasteiger partial charge in [-0.05, 0) is 46.5 Å². The van der Waals surface area contributed by atoms with E-state index in [1.807, 2.05) is 0 Å². The van der Waals surface area contributed by atoms with E-state index < -0.39 is 5.97 Å². The van der Waals surface area contributed by atoms with Crippen LogP contribution in [0.2, 0.25) is 0 Å². The summed E-state index contributed by atoms with van der Waals surface area (Å²) in [6, 6.07) is 0. The van der Waals surface area contributed by atoms with E-state index in [1.54, 1.807) is 13.8 Å². The van der Waals surface area contributed by atoms with Crippen LogP contribution < -0.4 is 0 Å². The number of hydrogen-bond acceptors (Lipinski definition) is 5. The van der Waals surface area contributed by atoms with Gasteiger partial charge in [0, 0.05) is 16.7 Å². The Morgan fingerprint density at radius 3 is 1.70 bits per heavy atom. The summed E-state index contributed by atoms with van der Waals surface area (Å²) in [5.74, 6) is -1.54. The van der Waals surface area contributed by atoms with Crippen LogP contribution in [0.3, 0.4) is 0 Å². The van der Waals surface area contributed by atoms with Crippen LogP contribution in [0.15, 0.2) is 49.1 Å². The van der Waals surface area contributed by atoms with Crippen LogP contribution in [0.25, 0.3) is 0 Å². The highest BCUT2D eigenvalue weighted by Gasteiger charge is 2.17. The maximum atomic E-state index is 11.1. The summed E-state index contributed by atoms with van der Waals surface area (Å²) in [6.07, 6.45) is 7.38. The van der Waals surface area contributed by atoms with Crippen molar-refractivity contribution >= 4 is 17.9 Å². The van der Waals surface area contributed by atoms with Crippen molar-refractivity contribution in [2.75, 3.05) is 6.61 Å². The first kappa shape index (κ1) is 26.6. The van der Waals surface area contributed by atoms with Gasteiger partial charge < -0.3 is 14.6 Å². The second-order valence-electron chi connectivity index (χ2n) is 6.20. The molecule has 0 aliphatic heterocycles. The highest BCUT2D eigenvalue weighted by atomic mass is 16.5. The van der Waals surface area contributed by atoms with E-state index in [9.17, 15) is 14.4 Å². The topological polar surface area (TPSA) is 89.9 Å². The quantitative estimate of drug-likeness (QED) is 0.418. The number of esters is 2. The number of carboxylic acids is 1. The summed E-state index contributed by atoms with van der Waals surface area (Å²) >= 11 is 0. The van der Waals surface area contributed by atoms with Gasteiger partial charge in [-0.15, -0.1) is 0 Å². The normalized spacial score (nSPS) is 12.7. The molecule has 1 rings (SSSR count). The van der Waals surface area contributed by atoms with Gasteiger partial charge in [-0.2, -0.15) is 0 Å². The Morgan fingerprint density at radius 2 is 1.37 bits per heavy atom. The minimum absolute atomic E-state index is 0.156. The Kier molecular flexibility index (Phi) is 15.4. The van der Waals surface area contributed by atoms with E-state index in [2.05, 4.69) is 31.1 Å². The lowest BCUT2D eigenvalue weighted by molar-refractivity contribution is -0.145. The SMILES string of the molecule is C=C(C)C(=O)O.C=C(C)C(=O)OC1CCCCC1.C=CCOC(=O)C(=C)C. The molecule has 1 saturated carbocycles. The van der Waals surface area contributed by atoms with Gasteiger partial charge in [0.1, 0.15) is 12.7 Å². The molecule has 1 aliphatic rings. The summed E-state index contributed by atoms with van der Waals surface area (Å²) in [4.78, 5) is 31.2. The van der Waals surface area contributed by atoms with Crippen molar-refractivity contribution in [3.05, 3.63) is 49.1 Å². The molecule has 1 N–H and O–H groups in total. The molecule has 0 heterocycles. The van der Waals surface area contributed by atoms with E-state index in [-0.39, 0.29) is 30.2 Å². The molecule has 27 heavy (non-hydrogen) atoms. The van der Waals surface area contributed by atoms with Crippen LogP contribution >= 0.6 is 0 Å². The first-order chi connectivity index (χ1) is 12.5. The predicted octanol–water partition coefficient (Wildman–Crippen LogP) is 4.38. The van der Waals surface area contributed by atoms with Crippen molar-refractivity contribution in [2.24, 2.45) is 0 Å². The zero-order valence-electron chi connectivity index (χ0n) is 16.7. The second kappa shape index (κ2) is 15.6. The molecule has 1 aliphatic carbocycles. The van der Waals surface area contributed by atoms with Gasteiger partial charge in [0.05, 0.1) is 0 Å². The van der Waals surface area contributed by atoms with Gasteiger partial charge in [-0.3, -0.25) is 0 Å². The van der Waals surface area contributed by atoms with Crippen molar-refractivity contribution in [1.29, 1.82) is 0 Å². The van der Waals surface area contributed by atoms with Gasteiger partial charge in [0.2, 0.25) is 0 Å². The third kappa shape index (κ3) is 16.6. The Morgan fingerprint density at radius 1 is 0.926 bits per heavy atom. The van der Waals surface area contributed by atoms with Crippen molar-refractivity contribution in [3.8, 4) is 0 Å². The molecule has 0 radical (unpaired) electrons. The van der Waals surface area contributed by atoms with Gasteiger partial charge >= 0.3 is 17.9 Å². The smallest absolute Gasteiger partial charge is 0.333 e. The van der Waals surface area contributed by atoms with Crippen molar-refractivity contribution in [3.63, 3.8) is 0 Å². The van der Waals surface area contributed by atoms with Crippen molar-refractivity contribution < 1.29 is 29.0 Å². The van der Waals surface area contributed by atoms with Crippen LogP contribution in [0.1, 0.15) is 52.9 Å². The molecule has 0 aromatic carbocycles. The molecule has 0 amide bonds. The minimum atomic E-state index is -0.935. The summed E-state index contributed by atoms with van der Waals surface area (Å²) in [6.45, 7) is 18.5. The standard InChI is InChI=1S/C10H16O2.C7H10O2.C4H6O2/c1-8(2)10(11)12-9-6-4-3-5-7-9;1-4-5-9-7(8)6(2)3;1-3(2)4(5)6/h9H,1,3-7H2,2H3;4H,1-2,5H2,3H3;1H2,2H3,(H,5,6). The maximum Gasteiger partial charge on any atom is 0.333 e. The van der Waals surface area contributed by atoms with E-state index in [1.165, 1.54) is 32.3 Å². The molecule has 0 saturated heterocycles. The highest BCUT2D eigenvalue weighted by Crippen LogP contribution is 2.20. The Balaban J connectivity index is 0. The lowest BCUT2D eigenvalue weighted by Gasteiger charge is -2.21. The zero-order chi connectivity index (χ0) is 21.4. The highest BCUT2D eigenvalue weighted by molar-refractivity contribution is 5.87. The fourth-order valence-electron chi connectivity index (χ4n) is 1.69. The number of carboxylic acid groups (broad SMARTS) is 1. The van der Waals surface area contributed by atoms with Crippen LogP contribution in [0.5, 0.6) is 0 Å². The number of rotatable bonds is 6. The third-order valence-electron chi connectivity index (χ3n) is 3.22. The summed E-state index contributed by atoms with van der Waals surface area (Å²) in [5, 5.41) is 7.89. The number of ether oxygens (including phenoxy) is 2. The molecule has 0 spiro atoms. The molecule has 0 aromatic heterocycles. The molecule has 0 unspecified atom stereocenters. The fraction of sp³-hybridized carbons (Fsp3) is 0.476. The van der Waals surface area contributed by atoms with Crippen LogP contribution in [0.4, 0.5) is 0 Å². The number of aliphatic carboxylic acids is 1. The molecule has 0 bridgehead atoms. The fourth-order valence-corrected chi connectivity index (χ4v) is 1.69. The first-order valence-electron chi connectivity index (χ1n) is 8.71. The Labute approximate surface area is 162 Å². The van der Waals surface area contributed by atoms with Gasteiger partial charge in [-0.25, -0.2) is 14.4 Å². The van der Waals surface area contributed by atoms with Gasteiger partial charge in [-0.1, -0.05) is 38.8 Å². The Bertz CT molecular complexity index is 541. The Hall–Kier alpha value is -2.63. The average Bonchev–Trinajstić information content (AvgIpc) is 2.61. The molecule has 152 valence electrons. The number of hydrogen-bond donors (Lipinski definition) is 1. The molecule has 0 atom stereocenters. The second-order valence-corrected chi connectivity index (χ2v) is 6.20. The van der Waals surface area contributed by atoms with Crippen LogP contribution in [-0.4, -0.2) is 35.7 Å².